The highest BCUT2D eigenvalue weighted by molar-refractivity contribution is 7.89. The summed E-state index contributed by atoms with van der Waals surface area (Å²) < 4.78 is 32.3. The van der Waals surface area contributed by atoms with Crippen LogP contribution in [0.15, 0.2) is 53.4 Å². The maximum absolute atomic E-state index is 12.2. The number of hydrogen-bond donors (Lipinski definition) is 1. The second-order valence-electron chi connectivity index (χ2n) is 4.34. The van der Waals surface area contributed by atoms with Gasteiger partial charge in [0.15, 0.2) is 0 Å². The maximum atomic E-state index is 12.2. The van der Waals surface area contributed by atoms with Crippen LogP contribution in [0.3, 0.4) is 0 Å². The molecule has 4 nitrogen and oxygen atoms in total. The van der Waals surface area contributed by atoms with E-state index in [2.05, 4.69) is 4.72 Å². The van der Waals surface area contributed by atoms with E-state index in [1.54, 1.807) is 6.07 Å². The van der Waals surface area contributed by atoms with Gasteiger partial charge in [0.1, 0.15) is 5.75 Å². The quantitative estimate of drug-likeness (QED) is 0.887. The molecule has 0 saturated carbocycles. The molecule has 0 aliphatic heterocycles. The predicted octanol–water partition coefficient (Wildman–Crippen LogP) is 3.22. The van der Waals surface area contributed by atoms with Crippen molar-refractivity contribution in [2.75, 3.05) is 6.61 Å². The molecule has 0 fully saturated rings. The molecule has 6 heteroatoms. The molecule has 0 amide bonds. The minimum atomic E-state index is -3.60. The average Bonchev–Trinajstić information content (AvgIpc) is 2.48. The first-order valence-corrected chi connectivity index (χ1v) is 8.35. The van der Waals surface area contributed by atoms with Gasteiger partial charge in [-0.05, 0) is 30.7 Å². The van der Waals surface area contributed by atoms with Crippen LogP contribution >= 0.6 is 11.6 Å². The monoisotopic (exact) mass is 325 g/mol. The van der Waals surface area contributed by atoms with Crippen LogP contribution in [0.2, 0.25) is 5.02 Å². The third-order valence-electron chi connectivity index (χ3n) is 2.82. The van der Waals surface area contributed by atoms with Gasteiger partial charge in [0.05, 0.1) is 16.5 Å². The summed E-state index contributed by atoms with van der Waals surface area (Å²) in [6.07, 6.45) is 0. The summed E-state index contributed by atoms with van der Waals surface area (Å²) in [6, 6.07) is 13.7. The van der Waals surface area contributed by atoms with E-state index in [4.69, 9.17) is 16.3 Å². The molecule has 0 bridgehead atoms. The van der Waals surface area contributed by atoms with Crippen LogP contribution < -0.4 is 9.46 Å². The van der Waals surface area contributed by atoms with Crippen LogP contribution in [0, 0.1) is 0 Å². The van der Waals surface area contributed by atoms with Gasteiger partial charge in [0.2, 0.25) is 10.0 Å². The minimum Gasteiger partial charge on any atom is -0.492 e. The first kappa shape index (κ1) is 15.8. The van der Waals surface area contributed by atoms with Gasteiger partial charge in [-0.1, -0.05) is 41.9 Å². The van der Waals surface area contributed by atoms with Gasteiger partial charge in [0, 0.05) is 6.54 Å². The van der Waals surface area contributed by atoms with Gasteiger partial charge in [-0.2, -0.15) is 0 Å². The van der Waals surface area contributed by atoms with E-state index >= 15 is 0 Å². The lowest BCUT2D eigenvalue weighted by Gasteiger charge is -2.10. The van der Waals surface area contributed by atoms with Crippen molar-refractivity contribution in [2.24, 2.45) is 0 Å². The van der Waals surface area contributed by atoms with Gasteiger partial charge >= 0.3 is 0 Å². The van der Waals surface area contributed by atoms with E-state index in [9.17, 15) is 8.42 Å². The predicted molar refractivity (Wildman–Crippen MR) is 83.1 cm³/mol. The van der Waals surface area contributed by atoms with Crippen molar-refractivity contribution in [1.29, 1.82) is 0 Å². The Morgan fingerprint density at radius 2 is 1.86 bits per heavy atom. The molecular weight excluding hydrogens is 310 g/mol. The highest BCUT2D eigenvalue weighted by atomic mass is 35.5. The summed E-state index contributed by atoms with van der Waals surface area (Å²) in [7, 11) is -3.60. The third-order valence-corrected chi connectivity index (χ3v) is 4.52. The Bertz CT molecular complexity index is 702. The molecule has 21 heavy (non-hydrogen) atoms. The zero-order chi connectivity index (χ0) is 15.3. The molecule has 0 aliphatic carbocycles. The number of halogens is 1. The smallest absolute Gasteiger partial charge is 0.240 e. The molecule has 0 saturated heterocycles. The fourth-order valence-electron chi connectivity index (χ4n) is 1.78. The summed E-state index contributed by atoms with van der Waals surface area (Å²) in [5.74, 6) is 0.473. The molecule has 0 radical (unpaired) electrons. The van der Waals surface area contributed by atoms with E-state index in [1.807, 2.05) is 37.3 Å². The van der Waals surface area contributed by atoms with Crippen molar-refractivity contribution < 1.29 is 13.2 Å². The fraction of sp³-hybridized carbons (Fsp3) is 0.200. The summed E-state index contributed by atoms with van der Waals surface area (Å²) in [6.45, 7) is 2.54. The first-order valence-electron chi connectivity index (χ1n) is 6.49. The van der Waals surface area contributed by atoms with Crippen LogP contribution in [-0.2, 0) is 16.6 Å². The molecule has 0 unspecified atom stereocenters. The Labute approximate surface area is 129 Å². The summed E-state index contributed by atoms with van der Waals surface area (Å²) in [5.41, 5.74) is 0.887. The van der Waals surface area contributed by atoms with Crippen molar-refractivity contribution >= 4 is 21.6 Å². The van der Waals surface area contributed by atoms with Crippen molar-refractivity contribution in [3.05, 3.63) is 59.1 Å². The highest BCUT2D eigenvalue weighted by Gasteiger charge is 2.15. The SMILES string of the molecule is CCOc1ccc(S(=O)(=O)NCc2ccccc2)cc1Cl. The lowest BCUT2D eigenvalue weighted by Crippen LogP contribution is -2.23. The molecule has 112 valence electrons. The lowest BCUT2D eigenvalue weighted by atomic mass is 10.2. The van der Waals surface area contributed by atoms with Crippen LogP contribution in [0.25, 0.3) is 0 Å². The maximum Gasteiger partial charge on any atom is 0.240 e. The molecule has 0 aromatic heterocycles. The zero-order valence-corrected chi connectivity index (χ0v) is 13.1. The van der Waals surface area contributed by atoms with Crippen molar-refractivity contribution in [3.63, 3.8) is 0 Å². The lowest BCUT2D eigenvalue weighted by molar-refractivity contribution is 0.340. The number of nitrogens with one attached hydrogen (secondary N) is 1. The number of ether oxygens (including phenoxy) is 1. The largest absolute Gasteiger partial charge is 0.492 e. The third kappa shape index (κ3) is 4.20. The summed E-state index contributed by atoms with van der Waals surface area (Å²) in [4.78, 5) is 0.117. The fourth-order valence-corrected chi connectivity index (χ4v) is 3.12. The van der Waals surface area contributed by atoms with Gasteiger partial charge in [0.25, 0.3) is 0 Å². The molecule has 2 rings (SSSR count). The molecule has 0 heterocycles. The first-order chi connectivity index (χ1) is 10.0. The van der Waals surface area contributed by atoms with Crippen molar-refractivity contribution in [1.82, 2.24) is 4.72 Å². The molecular formula is C15H16ClNO3S. The Kier molecular flexibility index (Phi) is 5.22. The number of sulfonamides is 1. The van der Waals surface area contributed by atoms with Gasteiger partial charge < -0.3 is 4.74 Å². The van der Waals surface area contributed by atoms with Crippen LogP contribution in [0.1, 0.15) is 12.5 Å². The second-order valence-corrected chi connectivity index (χ2v) is 6.51. The Morgan fingerprint density at radius 1 is 1.14 bits per heavy atom. The van der Waals surface area contributed by atoms with E-state index in [1.165, 1.54) is 12.1 Å². The van der Waals surface area contributed by atoms with Gasteiger partial charge in [-0.15, -0.1) is 0 Å². The second kappa shape index (κ2) is 6.93. The molecule has 2 aromatic rings. The Balaban J connectivity index is 2.14. The average molecular weight is 326 g/mol. The topological polar surface area (TPSA) is 55.4 Å². The Hall–Kier alpha value is -1.56. The van der Waals surface area contributed by atoms with Crippen LogP contribution in [-0.4, -0.2) is 15.0 Å². The zero-order valence-electron chi connectivity index (χ0n) is 11.5. The molecule has 0 aliphatic rings. The van der Waals surface area contributed by atoms with E-state index in [0.717, 1.165) is 5.56 Å². The van der Waals surface area contributed by atoms with Gasteiger partial charge in [-0.25, -0.2) is 13.1 Å². The van der Waals surface area contributed by atoms with Crippen LogP contribution in [0.5, 0.6) is 5.75 Å². The van der Waals surface area contributed by atoms with E-state index in [-0.39, 0.29) is 16.5 Å². The van der Waals surface area contributed by atoms with Gasteiger partial charge in [-0.3, -0.25) is 0 Å². The normalized spacial score (nSPS) is 11.3. The number of rotatable bonds is 6. The highest BCUT2D eigenvalue weighted by Crippen LogP contribution is 2.27. The standard InChI is InChI=1S/C15H16ClNO3S/c1-2-20-15-9-8-13(10-14(15)16)21(18,19)17-11-12-6-4-3-5-7-12/h3-10,17H,2,11H2,1H3. The van der Waals surface area contributed by atoms with Crippen molar-refractivity contribution in [2.45, 2.75) is 18.4 Å². The van der Waals surface area contributed by atoms with E-state index in [0.29, 0.717) is 12.4 Å². The van der Waals surface area contributed by atoms with Crippen molar-refractivity contribution in [3.8, 4) is 5.75 Å². The molecule has 0 spiro atoms. The number of hydrogen-bond acceptors (Lipinski definition) is 3. The summed E-state index contributed by atoms with van der Waals surface area (Å²) >= 11 is 6.01. The minimum absolute atomic E-state index is 0.117. The number of benzene rings is 2. The molecule has 2 aromatic carbocycles. The molecule has 1 N–H and O–H groups in total. The van der Waals surface area contributed by atoms with Crippen LogP contribution in [0.4, 0.5) is 0 Å². The molecule has 0 atom stereocenters. The summed E-state index contributed by atoms with van der Waals surface area (Å²) in [5, 5.41) is 0.277. The Morgan fingerprint density at radius 3 is 2.48 bits per heavy atom. The van der Waals surface area contributed by atoms with E-state index < -0.39 is 10.0 Å².